The third kappa shape index (κ3) is 4.38. The molecule has 0 saturated heterocycles. The van der Waals surface area contributed by atoms with Gasteiger partial charge in [0, 0.05) is 6.42 Å². The molecule has 25 heavy (non-hydrogen) atoms. The van der Waals surface area contributed by atoms with E-state index in [0.717, 1.165) is 5.56 Å². The summed E-state index contributed by atoms with van der Waals surface area (Å²) in [4.78, 5) is 12.4. The molecule has 1 aromatic heterocycles. The minimum absolute atomic E-state index is 0.0613. The highest BCUT2D eigenvalue weighted by Gasteiger charge is 2.35. The highest BCUT2D eigenvalue weighted by molar-refractivity contribution is 7.07. The van der Waals surface area contributed by atoms with Crippen LogP contribution in [0.25, 0.3) is 0 Å². The highest BCUT2D eigenvalue weighted by atomic mass is 32.1. The van der Waals surface area contributed by atoms with E-state index in [9.17, 15) is 14.3 Å². The number of aliphatic hydroxyl groups is 1. The Morgan fingerprint density at radius 3 is 2.84 bits per heavy atom. The van der Waals surface area contributed by atoms with Gasteiger partial charge in [-0.1, -0.05) is 6.07 Å². The van der Waals surface area contributed by atoms with Crippen molar-refractivity contribution in [3.63, 3.8) is 0 Å². The van der Waals surface area contributed by atoms with Gasteiger partial charge < -0.3 is 15.2 Å². The average molecular weight is 363 g/mol. The van der Waals surface area contributed by atoms with Crippen LogP contribution in [0.3, 0.4) is 0 Å². The Labute approximate surface area is 150 Å². The van der Waals surface area contributed by atoms with Crippen molar-refractivity contribution >= 4 is 17.2 Å². The number of hydrogen-bond acceptors (Lipinski definition) is 4. The van der Waals surface area contributed by atoms with Gasteiger partial charge in [-0.3, -0.25) is 4.79 Å². The molecular weight excluding hydrogens is 341 g/mol. The lowest BCUT2D eigenvalue weighted by Crippen LogP contribution is -2.41. The molecule has 1 amide bonds. The second-order valence-corrected chi connectivity index (χ2v) is 7.24. The topological polar surface area (TPSA) is 58.6 Å². The van der Waals surface area contributed by atoms with Crippen molar-refractivity contribution in [1.29, 1.82) is 0 Å². The van der Waals surface area contributed by atoms with Gasteiger partial charge in [0.2, 0.25) is 5.91 Å². The van der Waals surface area contributed by atoms with Crippen LogP contribution in [0.2, 0.25) is 0 Å². The van der Waals surface area contributed by atoms with Crippen LogP contribution in [0.1, 0.15) is 36.4 Å². The van der Waals surface area contributed by atoms with Crippen LogP contribution in [0.15, 0.2) is 35.0 Å². The Morgan fingerprint density at radius 1 is 1.44 bits per heavy atom. The molecular formula is C19H22FNO3S. The summed E-state index contributed by atoms with van der Waals surface area (Å²) in [6.45, 7) is 0. The van der Waals surface area contributed by atoms with Crippen molar-refractivity contribution in [2.24, 2.45) is 5.92 Å². The van der Waals surface area contributed by atoms with Crippen LogP contribution in [-0.2, 0) is 11.2 Å². The quantitative estimate of drug-likeness (QED) is 0.792. The molecule has 4 nitrogen and oxygen atoms in total. The van der Waals surface area contributed by atoms with Crippen LogP contribution in [-0.4, -0.2) is 24.2 Å². The summed E-state index contributed by atoms with van der Waals surface area (Å²) in [6, 6.07) is 6.48. The number of carbonyl (C=O) groups is 1. The molecule has 0 bridgehead atoms. The lowest BCUT2D eigenvalue weighted by molar-refractivity contribution is -0.123. The fraction of sp³-hybridized carbons (Fsp3) is 0.421. The standard InChI is InChI=1S/C19H22FNO3S/c1-24-17-4-3-13(10-16(17)20)19(14-8-15(22)9-14)21-18(23)5-2-12-6-7-25-11-12/h3-4,6-7,10-11,14-15,19,22H,2,5,8-9H2,1H3,(H,21,23)/t14?,15?,19-/m0/s1. The average Bonchev–Trinajstić information content (AvgIpc) is 3.09. The zero-order chi connectivity index (χ0) is 17.8. The van der Waals surface area contributed by atoms with E-state index in [0.29, 0.717) is 31.2 Å². The number of rotatable bonds is 7. The third-order valence-corrected chi connectivity index (χ3v) is 5.43. The Morgan fingerprint density at radius 2 is 2.24 bits per heavy atom. The minimum atomic E-state index is -0.447. The van der Waals surface area contributed by atoms with Crippen LogP contribution < -0.4 is 10.1 Å². The summed E-state index contributed by atoms with van der Waals surface area (Å²) in [6.07, 6.45) is 1.97. The monoisotopic (exact) mass is 363 g/mol. The summed E-state index contributed by atoms with van der Waals surface area (Å²) < 4.78 is 19.0. The van der Waals surface area contributed by atoms with Gasteiger partial charge in [0.15, 0.2) is 11.6 Å². The Bertz CT molecular complexity index is 713. The summed E-state index contributed by atoms with van der Waals surface area (Å²) in [5, 5.41) is 16.7. The van der Waals surface area contributed by atoms with Gasteiger partial charge in [-0.15, -0.1) is 0 Å². The SMILES string of the molecule is COc1ccc([C@H](NC(=O)CCc2ccsc2)C2CC(O)C2)cc1F. The van der Waals surface area contributed by atoms with Crippen LogP contribution in [0.4, 0.5) is 4.39 Å². The smallest absolute Gasteiger partial charge is 0.220 e. The van der Waals surface area contributed by atoms with Crippen molar-refractivity contribution in [3.05, 3.63) is 52.0 Å². The van der Waals surface area contributed by atoms with Crippen LogP contribution in [0.5, 0.6) is 5.75 Å². The molecule has 1 fully saturated rings. The highest BCUT2D eigenvalue weighted by Crippen LogP contribution is 2.39. The van der Waals surface area contributed by atoms with E-state index in [1.165, 1.54) is 13.2 Å². The molecule has 1 atom stereocenters. The van der Waals surface area contributed by atoms with Crippen molar-refractivity contribution in [1.82, 2.24) is 5.32 Å². The molecule has 1 aromatic carbocycles. The van der Waals surface area contributed by atoms with Crippen LogP contribution >= 0.6 is 11.3 Å². The molecule has 2 N–H and O–H groups in total. The van der Waals surface area contributed by atoms with E-state index >= 15 is 0 Å². The summed E-state index contributed by atoms with van der Waals surface area (Å²) in [5.41, 5.74) is 1.85. The molecule has 0 unspecified atom stereocenters. The number of halogens is 1. The number of nitrogens with one attached hydrogen (secondary N) is 1. The maximum atomic E-state index is 14.1. The summed E-state index contributed by atoms with van der Waals surface area (Å²) in [7, 11) is 1.42. The summed E-state index contributed by atoms with van der Waals surface area (Å²) in [5.74, 6) is -0.209. The van der Waals surface area contributed by atoms with Crippen molar-refractivity contribution in [2.45, 2.75) is 37.8 Å². The Balaban J connectivity index is 1.69. The van der Waals surface area contributed by atoms with Gasteiger partial charge in [0.25, 0.3) is 0 Å². The first kappa shape index (κ1) is 17.9. The summed E-state index contributed by atoms with van der Waals surface area (Å²) >= 11 is 1.61. The number of benzene rings is 1. The van der Waals surface area contributed by atoms with Gasteiger partial charge in [0.1, 0.15) is 0 Å². The molecule has 0 spiro atoms. The molecule has 1 saturated carbocycles. The number of hydrogen-bond donors (Lipinski definition) is 2. The first-order chi connectivity index (χ1) is 12.1. The lowest BCUT2D eigenvalue weighted by Gasteiger charge is -2.38. The number of aryl methyl sites for hydroxylation is 1. The van der Waals surface area contributed by atoms with Crippen molar-refractivity contribution in [3.8, 4) is 5.75 Å². The van der Waals surface area contributed by atoms with E-state index in [2.05, 4.69) is 5.32 Å². The Hall–Kier alpha value is -1.92. The second kappa shape index (κ2) is 7.97. The molecule has 1 aliphatic rings. The molecule has 0 aliphatic heterocycles. The van der Waals surface area contributed by atoms with Gasteiger partial charge in [0.05, 0.1) is 19.3 Å². The molecule has 2 aromatic rings. The molecule has 134 valence electrons. The molecule has 6 heteroatoms. The second-order valence-electron chi connectivity index (χ2n) is 6.46. The fourth-order valence-corrected chi connectivity index (χ4v) is 3.89. The van der Waals surface area contributed by atoms with E-state index < -0.39 is 5.82 Å². The largest absolute Gasteiger partial charge is 0.494 e. The predicted octanol–water partition coefficient (Wildman–Crippen LogP) is 3.46. The Kier molecular flexibility index (Phi) is 5.71. The van der Waals surface area contributed by atoms with Gasteiger partial charge in [-0.2, -0.15) is 11.3 Å². The van der Waals surface area contributed by atoms with E-state index in [1.54, 1.807) is 23.5 Å². The number of thiophene rings is 1. The van der Waals surface area contributed by atoms with Crippen molar-refractivity contribution in [2.75, 3.05) is 7.11 Å². The zero-order valence-corrected chi connectivity index (χ0v) is 14.9. The fourth-order valence-electron chi connectivity index (χ4n) is 3.19. The van der Waals surface area contributed by atoms with E-state index in [4.69, 9.17) is 4.74 Å². The molecule has 0 radical (unpaired) electrons. The lowest BCUT2D eigenvalue weighted by atomic mass is 9.75. The van der Waals surface area contributed by atoms with Crippen LogP contribution in [0, 0.1) is 11.7 Å². The molecule has 3 rings (SSSR count). The number of ether oxygens (including phenoxy) is 1. The number of amides is 1. The minimum Gasteiger partial charge on any atom is -0.494 e. The molecule has 1 heterocycles. The van der Waals surface area contributed by atoms with Gasteiger partial charge in [-0.25, -0.2) is 4.39 Å². The number of methoxy groups -OCH3 is 1. The normalized spacial score (nSPS) is 20.6. The number of carbonyl (C=O) groups excluding carboxylic acids is 1. The third-order valence-electron chi connectivity index (χ3n) is 4.69. The van der Waals surface area contributed by atoms with E-state index in [1.807, 2.05) is 16.8 Å². The van der Waals surface area contributed by atoms with Crippen molar-refractivity contribution < 1.29 is 19.0 Å². The maximum absolute atomic E-state index is 14.1. The zero-order valence-electron chi connectivity index (χ0n) is 14.1. The first-order valence-corrected chi connectivity index (χ1v) is 9.33. The van der Waals surface area contributed by atoms with Gasteiger partial charge in [-0.05, 0) is 65.3 Å². The maximum Gasteiger partial charge on any atom is 0.220 e. The van der Waals surface area contributed by atoms with E-state index in [-0.39, 0.29) is 29.7 Å². The first-order valence-electron chi connectivity index (χ1n) is 8.38. The predicted molar refractivity (Wildman–Crippen MR) is 95.2 cm³/mol. The number of aliphatic hydroxyl groups excluding tert-OH is 1. The van der Waals surface area contributed by atoms with Gasteiger partial charge >= 0.3 is 0 Å². The molecule has 1 aliphatic carbocycles.